The third-order valence-corrected chi connectivity index (χ3v) is 3.53. The van der Waals surface area contributed by atoms with Gasteiger partial charge in [-0.15, -0.1) is 0 Å². The van der Waals surface area contributed by atoms with Gasteiger partial charge in [0, 0.05) is 5.54 Å². The maximum Gasteiger partial charge on any atom is 0.203 e. The minimum absolute atomic E-state index is 0.0820. The van der Waals surface area contributed by atoms with Crippen LogP contribution in [0.1, 0.15) is 31.2 Å². The van der Waals surface area contributed by atoms with Gasteiger partial charge in [-0.3, -0.25) is 0 Å². The van der Waals surface area contributed by atoms with Gasteiger partial charge in [-0.25, -0.2) is 0 Å². The molecule has 1 aliphatic rings. The van der Waals surface area contributed by atoms with E-state index in [4.69, 9.17) is 15.2 Å². The lowest BCUT2D eigenvalue weighted by molar-refractivity contribution is 0.330. The highest BCUT2D eigenvalue weighted by Gasteiger charge is 2.32. The SMILES string of the molecule is COc1cc(C2(N)CCCC2)cc(O)c1OC. The number of nitrogens with two attached hydrogens (primary N) is 1. The van der Waals surface area contributed by atoms with E-state index in [1.165, 1.54) is 7.11 Å². The smallest absolute Gasteiger partial charge is 0.203 e. The lowest BCUT2D eigenvalue weighted by atomic mass is 9.89. The largest absolute Gasteiger partial charge is 0.504 e. The maximum absolute atomic E-state index is 9.92. The van der Waals surface area contributed by atoms with Crippen molar-refractivity contribution in [3.8, 4) is 17.2 Å². The van der Waals surface area contributed by atoms with Gasteiger partial charge < -0.3 is 20.3 Å². The van der Waals surface area contributed by atoms with Crippen LogP contribution in [-0.4, -0.2) is 19.3 Å². The summed E-state index contributed by atoms with van der Waals surface area (Å²) in [4.78, 5) is 0. The standard InChI is InChI=1S/C13H19NO3/c1-16-11-8-9(7-10(15)12(11)17-2)13(14)5-3-4-6-13/h7-8,15H,3-6,14H2,1-2H3. The van der Waals surface area contributed by atoms with Crippen molar-refractivity contribution in [2.45, 2.75) is 31.2 Å². The van der Waals surface area contributed by atoms with Crippen LogP contribution in [0.3, 0.4) is 0 Å². The van der Waals surface area contributed by atoms with Crippen molar-refractivity contribution >= 4 is 0 Å². The molecule has 0 amide bonds. The Bertz CT molecular complexity index is 411. The number of ether oxygens (including phenoxy) is 2. The molecule has 1 saturated carbocycles. The second-order valence-corrected chi connectivity index (χ2v) is 4.59. The Balaban J connectivity index is 2.46. The van der Waals surface area contributed by atoms with Crippen molar-refractivity contribution in [3.63, 3.8) is 0 Å². The van der Waals surface area contributed by atoms with Crippen molar-refractivity contribution in [1.29, 1.82) is 0 Å². The molecule has 4 nitrogen and oxygen atoms in total. The van der Waals surface area contributed by atoms with Crippen LogP contribution in [0.5, 0.6) is 17.2 Å². The molecule has 0 radical (unpaired) electrons. The number of phenols is 1. The molecule has 1 fully saturated rings. The highest BCUT2D eigenvalue weighted by atomic mass is 16.5. The van der Waals surface area contributed by atoms with Crippen LogP contribution < -0.4 is 15.2 Å². The quantitative estimate of drug-likeness (QED) is 0.845. The van der Waals surface area contributed by atoms with E-state index >= 15 is 0 Å². The molecular formula is C13H19NO3. The van der Waals surface area contributed by atoms with Crippen molar-refractivity contribution < 1.29 is 14.6 Å². The van der Waals surface area contributed by atoms with Gasteiger partial charge in [0.05, 0.1) is 14.2 Å². The van der Waals surface area contributed by atoms with E-state index in [0.29, 0.717) is 11.5 Å². The number of rotatable bonds is 3. The highest BCUT2D eigenvalue weighted by Crippen LogP contribution is 2.44. The van der Waals surface area contributed by atoms with Gasteiger partial charge in [0.1, 0.15) is 0 Å². The Labute approximate surface area is 101 Å². The molecule has 4 heteroatoms. The molecule has 1 aliphatic carbocycles. The zero-order valence-electron chi connectivity index (χ0n) is 10.3. The van der Waals surface area contributed by atoms with Crippen LogP contribution in [-0.2, 0) is 5.54 Å². The van der Waals surface area contributed by atoms with E-state index in [0.717, 1.165) is 31.2 Å². The third kappa shape index (κ3) is 2.05. The molecule has 94 valence electrons. The Morgan fingerprint density at radius 1 is 1.18 bits per heavy atom. The zero-order chi connectivity index (χ0) is 12.5. The molecule has 0 atom stereocenters. The summed E-state index contributed by atoms with van der Waals surface area (Å²) in [5.41, 5.74) is 6.94. The summed E-state index contributed by atoms with van der Waals surface area (Å²) in [5.74, 6) is 0.968. The summed E-state index contributed by atoms with van der Waals surface area (Å²) in [5, 5.41) is 9.92. The number of benzene rings is 1. The van der Waals surface area contributed by atoms with Gasteiger partial charge in [-0.05, 0) is 30.5 Å². The van der Waals surface area contributed by atoms with E-state index in [2.05, 4.69) is 0 Å². The first kappa shape index (κ1) is 12.0. The van der Waals surface area contributed by atoms with Gasteiger partial charge in [0.25, 0.3) is 0 Å². The van der Waals surface area contributed by atoms with Crippen molar-refractivity contribution in [2.75, 3.05) is 14.2 Å². The number of hydrogen-bond donors (Lipinski definition) is 2. The molecular weight excluding hydrogens is 218 g/mol. The van der Waals surface area contributed by atoms with Crippen LogP contribution in [0, 0.1) is 0 Å². The van der Waals surface area contributed by atoms with E-state index in [1.54, 1.807) is 13.2 Å². The van der Waals surface area contributed by atoms with E-state index in [9.17, 15) is 5.11 Å². The number of hydrogen-bond acceptors (Lipinski definition) is 4. The summed E-state index contributed by atoms with van der Waals surface area (Å²) in [6.45, 7) is 0. The summed E-state index contributed by atoms with van der Waals surface area (Å²) < 4.78 is 10.3. The summed E-state index contributed by atoms with van der Waals surface area (Å²) in [6, 6.07) is 3.55. The lowest BCUT2D eigenvalue weighted by Gasteiger charge is -2.25. The van der Waals surface area contributed by atoms with Crippen LogP contribution in [0.25, 0.3) is 0 Å². The van der Waals surface area contributed by atoms with Gasteiger partial charge in [-0.2, -0.15) is 0 Å². The summed E-state index contributed by atoms with van der Waals surface area (Å²) in [6.07, 6.45) is 4.15. The van der Waals surface area contributed by atoms with Gasteiger partial charge >= 0.3 is 0 Å². The first-order valence-electron chi connectivity index (χ1n) is 5.85. The molecule has 0 aromatic heterocycles. The monoisotopic (exact) mass is 237 g/mol. The first-order valence-corrected chi connectivity index (χ1v) is 5.85. The van der Waals surface area contributed by atoms with E-state index < -0.39 is 0 Å². The first-order chi connectivity index (χ1) is 8.10. The van der Waals surface area contributed by atoms with E-state index in [-0.39, 0.29) is 11.3 Å². The van der Waals surface area contributed by atoms with Gasteiger partial charge in [-0.1, -0.05) is 12.8 Å². The summed E-state index contributed by atoms with van der Waals surface area (Å²) in [7, 11) is 3.06. The van der Waals surface area contributed by atoms with Crippen molar-refractivity contribution in [2.24, 2.45) is 5.73 Å². The molecule has 0 heterocycles. The second-order valence-electron chi connectivity index (χ2n) is 4.59. The average molecular weight is 237 g/mol. The van der Waals surface area contributed by atoms with Gasteiger partial charge in [0.15, 0.2) is 11.5 Å². The average Bonchev–Trinajstić information content (AvgIpc) is 2.76. The molecule has 17 heavy (non-hydrogen) atoms. The Morgan fingerprint density at radius 3 is 2.35 bits per heavy atom. The maximum atomic E-state index is 9.92. The molecule has 0 spiro atoms. The zero-order valence-corrected chi connectivity index (χ0v) is 10.3. The predicted molar refractivity (Wildman–Crippen MR) is 65.5 cm³/mol. The molecule has 1 aromatic carbocycles. The van der Waals surface area contributed by atoms with Crippen molar-refractivity contribution in [1.82, 2.24) is 0 Å². The number of aromatic hydroxyl groups is 1. The highest BCUT2D eigenvalue weighted by molar-refractivity contribution is 5.54. The normalized spacial score (nSPS) is 18.1. The van der Waals surface area contributed by atoms with Crippen molar-refractivity contribution in [3.05, 3.63) is 17.7 Å². The predicted octanol–water partition coefficient (Wildman–Crippen LogP) is 2.14. The van der Waals surface area contributed by atoms with Crippen LogP contribution in [0.2, 0.25) is 0 Å². The minimum Gasteiger partial charge on any atom is -0.504 e. The fourth-order valence-corrected chi connectivity index (χ4v) is 2.53. The molecule has 1 aromatic rings. The molecule has 0 aliphatic heterocycles. The molecule has 0 bridgehead atoms. The molecule has 0 unspecified atom stereocenters. The molecule has 0 saturated heterocycles. The summed E-state index contributed by atoms with van der Waals surface area (Å²) >= 11 is 0. The van der Waals surface area contributed by atoms with Crippen LogP contribution in [0.15, 0.2) is 12.1 Å². The number of phenolic OH excluding ortho intramolecular Hbond substituents is 1. The second kappa shape index (κ2) is 4.45. The Kier molecular flexibility index (Phi) is 3.15. The Morgan fingerprint density at radius 2 is 1.82 bits per heavy atom. The fourth-order valence-electron chi connectivity index (χ4n) is 2.53. The minimum atomic E-state index is -0.336. The Hall–Kier alpha value is -1.42. The van der Waals surface area contributed by atoms with Crippen LogP contribution >= 0.6 is 0 Å². The lowest BCUT2D eigenvalue weighted by Crippen LogP contribution is -2.33. The van der Waals surface area contributed by atoms with Crippen LogP contribution in [0.4, 0.5) is 0 Å². The molecule has 3 N–H and O–H groups in total. The van der Waals surface area contributed by atoms with E-state index in [1.807, 2.05) is 6.07 Å². The third-order valence-electron chi connectivity index (χ3n) is 3.53. The fraction of sp³-hybridized carbons (Fsp3) is 0.538. The topological polar surface area (TPSA) is 64.7 Å². The molecule has 2 rings (SSSR count). The van der Waals surface area contributed by atoms with Gasteiger partial charge in [0.2, 0.25) is 5.75 Å². The number of methoxy groups -OCH3 is 2.